The summed E-state index contributed by atoms with van der Waals surface area (Å²) in [4.78, 5) is -0.802. The van der Waals surface area contributed by atoms with Crippen LogP contribution in [-0.2, 0) is 0 Å². The number of rotatable bonds is 2. The Hall–Kier alpha value is 0.240. The lowest BCUT2D eigenvalue weighted by Crippen LogP contribution is -2.08. The molecule has 1 unspecified atom stereocenters. The SMILES string of the molecule is Cc1cc(C)c(C(O)C(Cl)Cl)cc1Br. The van der Waals surface area contributed by atoms with Crippen LogP contribution < -0.4 is 0 Å². The summed E-state index contributed by atoms with van der Waals surface area (Å²) in [5, 5.41) is 9.71. The fourth-order valence-corrected chi connectivity index (χ4v) is 1.93. The second-order valence-corrected chi connectivity index (χ2v) is 5.26. The molecule has 0 saturated heterocycles. The minimum atomic E-state index is -0.838. The molecule has 0 saturated carbocycles. The third-order valence-corrected chi connectivity index (χ3v) is 3.44. The summed E-state index contributed by atoms with van der Waals surface area (Å²) in [6.07, 6.45) is -0.838. The molecule has 78 valence electrons. The van der Waals surface area contributed by atoms with Crippen molar-refractivity contribution >= 4 is 39.1 Å². The van der Waals surface area contributed by atoms with E-state index < -0.39 is 10.9 Å². The molecular formula is C10H11BrCl2O. The van der Waals surface area contributed by atoms with Gasteiger partial charge in [-0.15, -0.1) is 23.2 Å². The monoisotopic (exact) mass is 296 g/mol. The molecule has 0 heterocycles. The van der Waals surface area contributed by atoms with Crippen LogP contribution in [-0.4, -0.2) is 9.94 Å². The summed E-state index contributed by atoms with van der Waals surface area (Å²) in [6, 6.07) is 3.84. The summed E-state index contributed by atoms with van der Waals surface area (Å²) in [5.41, 5.74) is 2.88. The number of hydrogen-bond acceptors (Lipinski definition) is 1. The number of aryl methyl sites for hydroxylation is 2. The summed E-state index contributed by atoms with van der Waals surface area (Å²) in [7, 11) is 0. The van der Waals surface area contributed by atoms with Crippen molar-refractivity contribution in [1.82, 2.24) is 0 Å². The van der Waals surface area contributed by atoms with Crippen LogP contribution in [0.15, 0.2) is 16.6 Å². The van der Waals surface area contributed by atoms with Gasteiger partial charge in [-0.05, 0) is 36.6 Å². The van der Waals surface area contributed by atoms with Gasteiger partial charge in [0.1, 0.15) is 10.9 Å². The molecule has 0 fully saturated rings. The fraction of sp³-hybridized carbons (Fsp3) is 0.400. The van der Waals surface area contributed by atoms with Gasteiger partial charge in [0.15, 0.2) is 0 Å². The van der Waals surface area contributed by atoms with Crippen LogP contribution >= 0.6 is 39.1 Å². The van der Waals surface area contributed by atoms with Crippen LogP contribution in [0, 0.1) is 13.8 Å². The molecule has 0 bridgehead atoms. The molecule has 14 heavy (non-hydrogen) atoms. The Kier molecular flexibility index (Phi) is 4.26. The number of benzene rings is 1. The lowest BCUT2D eigenvalue weighted by atomic mass is 10.0. The number of alkyl halides is 2. The number of aliphatic hydroxyl groups excluding tert-OH is 1. The summed E-state index contributed by atoms with van der Waals surface area (Å²) >= 11 is 14.7. The van der Waals surface area contributed by atoms with Gasteiger partial charge in [-0.2, -0.15) is 0 Å². The fourth-order valence-electron chi connectivity index (χ4n) is 1.30. The normalized spacial score (nSPS) is 13.4. The minimum Gasteiger partial charge on any atom is -0.386 e. The van der Waals surface area contributed by atoms with Crippen molar-refractivity contribution in [2.75, 3.05) is 0 Å². The first kappa shape index (κ1) is 12.3. The molecule has 0 aliphatic heterocycles. The molecular weight excluding hydrogens is 287 g/mol. The average molecular weight is 298 g/mol. The molecule has 1 N–H and O–H groups in total. The van der Waals surface area contributed by atoms with Crippen molar-refractivity contribution < 1.29 is 5.11 Å². The maximum atomic E-state index is 9.71. The van der Waals surface area contributed by atoms with Crippen LogP contribution in [0.1, 0.15) is 22.8 Å². The molecule has 0 amide bonds. The topological polar surface area (TPSA) is 20.2 Å². The second kappa shape index (κ2) is 4.84. The zero-order valence-corrected chi connectivity index (χ0v) is 11.0. The highest BCUT2D eigenvalue weighted by Gasteiger charge is 2.18. The van der Waals surface area contributed by atoms with Crippen molar-refractivity contribution in [1.29, 1.82) is 0 Å². The van der Waals surface area contributed by atoms with E-state index in [1.165, 1.54) is 0 Å². The van der Waals surface area contributed by atoms with Gasteiger partial charge in [0.2, 0.25) is 0 Å². The van der Waals surface area contributed by atoms with Crippen molar-refractivity contribution in [3.63, 3.8) is 0 Å². The van der Waals surface area contributed by atoms with Crippen LogP contribution in [0.4, 0.5) is 0 Å². The maximum Gasteiger partial charge on any atom is 0.137 e. The molecule has 1 aromatic carbocycles. The predicted molar refractivity (Wildman–Crippen MR) is 64.1 cm³/mol. The lowest BCUT2D eigenvalue weighted by molar-refractivity contribution is 0.192. The highest BCUT2D eigenvalue weighted by atomic mass is 79.9. The zero-order valence-electron chi connectivity index (χ0n) is 7.89. The van der Waals surface area contributed by atoms with Gasteiger partial charge in [-0.3, -0.25) is 0 Å². The van der Waals surface area contributed by atoms with E-state index in [0.717, 1.165) is 21.2 Å². The van der Waals surface area contributed by atoms with Crippen molar-refractivity contribution in [2.24, 2.45) is 0 Å². The minimum absolute atomic E-state index is 0.762. The Balaban J connectivity index is 3.15. The quantitative estimate of drug-likeness (QED) is 0.821. The summed E-state index contributed by atoms with van der Waals surface area (Å²) in [6.45, 7) is 3.92. The molecule has 1 atom stereocenters. The van der Waals surface area contributed by atoms with Gasteiger partial charge in [0.25, 0.3) is 0 Å². The van der Waals surface area contributed by atoms with E-state index >= 15 is 0 Å². The van der Waals surface area contributed by atoms with Crippen LogP contribution in [0.3, 0.4) is 0 Å². The Morgan fingerprint density at radius 3 is 2.29 bits per heavy atom. The van der Waals surface area contributed by atoms with Gasteiger partial charge in [-0.25, -0.2) is 0 Å². The smallest absolute Gasteiger partial charge is 0.137 e. The van der Waals surface area contributed by atoms with Gasteiger partial charge in [0, 0.05) is 4.47 Å². The molecule has 4 heteroatoms. The van der Waals surface area contributed by atoms with E-state index in [0.29, 0.717) is 0 Å². The van der Waals surface area contributed by atoms with E-state index in [1.54, 1.807) is 0 Å². The molecule has 0 aliphatic rings. The van der Waals surface area contributed by atoms with Crippen molar-refractivity contribution in [3.8, 4) is 0 Å². The first-order valence-electron chi connectivity index (χ1n) is 4.16. The van der Waals surface area contributed by atoms with Gasteiger partial charge >= 0.3 is 0 Å². The van der Waals surface area contributed by atoms with Crippen molar-refractivity contribution in [2.45, 2.75) is 24.8 Å². The maximum absolute atomic E-state index is 9.71. The zero-order chi connectivity index (χ0) is 10.9. The van der Waals surface area contributed by atoms with E-state index in [4.69, 9.17) is 23.2 Å². The lowest BCUT2D eigenvalue weighted by Gasteiger charge is -2.15. The Labute approximate surface area is 102 Å². The Morgan fingerprint density at radius 2 is 1.79 bits per heavy atom. The molecule has 1 rings (SSSR count). The third kappa shape index (κ3) is 2.63. The molecule has 0 aliphatic carbocycles. The largest absolute Gasteiger partial charge is 0.386 e. The number of halogens is 3. The van der Waals surface area contributed by atoms with Crippen LogP contribution in [0.5, 0.6) is 0 Å². The standard InChI is InChI=1S/C10H11BrCl2O/c1-5-3-6(2)8(11)4-7(5)9(14)10(12)13/h3-4,9-10,14H,1-2H3. The van der Waals surface area contributed by atoms with Crippen LogP contribution in [0.2, 0.25) is 0 Å². The predicted octanol–water partition coefficient (Wildman–Crippen LogP) is 3.90. The highest BCUT2D eigenvalue weighted by Crippen LogP contribution is 2.30. The molecule has 0 aromatic heterocycles. The van der Waals surface area contributed by atoms with E-state index in [2.05, 4.69) is 15.9 Å². The Morgan fingerprint density at radius 1 is 1.21 bits per heavy atom. The molecule has 1 aromatic rings. The van der Waals surface area contributed by atoms with Gasteiger partial charge in [-0.1, -0.05) is 22.0 Å². The first-order chi connectivity index (χ1) is 6.43. The van der Waals surface area contributed by atoms with E-state index in [1.807, 2.05) is 26.0 Å². The van der Waals surface area contributed by atoms with Crippen molar-refractivity contribution in [3.05, 3.63) is 33.3 Å². The average Bonchev–Trinajstić information content (AvgIpc) is 2.10. The first-order valence-corrected chi connectivity index (χ1v) is 5.83. The summed E-state index contributed by atoms with van der Waals surface area (Å²) < 4.78 is 0.950. The number of aliphatic hydroxyl groups is 1. The number of hydrogen-bond donors (Lipinski definition) is 1. The Bertz CT molecular complexity index is 339. The third-order valence-electron chi connectivity index (χ3n) is 2.10. The van der Waals surface area contributed by atoms with Crippen LogP contribution in [0.25, 0.3) is 0 Å². The molecule has 0 radical (unpaired) electrons. The molecule has 1 nitrogen and oxygen atoms in total. The highest BCUT2D eigenvalue weighted by molar-refractivity contribution is 9.10. The van der Waals surface area contributed by atoms with E-state index in [-0.39, 0.29) is 0 Å². The van der Waals surface area contributed by atoms with Gasteiger partial charge in [0.05, 0.1) is 0 Å². The molecule has 0 spiro atoms. The second-order valence-electron chi connectivity index (χ2n) is 3.24. The van der Waals surface area contributed by atoms with E-state index in [9.17, 15) is 5.11 Å². The summed E-state index contributed by atoms with van der Waals surface area (Å²) in [5.74, 6) is 0. The van der Waals surface area contributed by atoms with Gasteiger partial charge < -0.3 is 5.11 Å².